The summed E-state index contributed by atoms with van der Waals surface area (Å²) in [5.41, 5.74) is 1.68. The summed E-state index contributed by atoms with van der Waals surface area (Å²) in [5.74, 6) is 3.03. The second kappa shape index (κ2) is 6.80. The summed E-state index contributed by atoms with van der Waals surface area (Å²) >= 11 is 0. The van der Waals surface area contributed by atoms with E-state index in [1.165, 1.54) is 0 Å². The lowest BCUT2D eigenvalue weighted by atomic mass is 10.2. The van der Waals surface area contributed by atoms with Gasteiger partial charge in [-0.2, -0.15) is 4.98 Å². The zero-order chi connectivity index (χ0) is 19.3. The summed E-state index contributed by atoms with van der Waals surface area (Å²) in [6.45, 7) is 3.79. The van der Waals surface area contributed by atoms with Gasteiger partial charge in [0.05, 0.1) is 17.6 Å². The fraction of sp³-hybridized carbons (Fsp3) is 0.632. The van der Waals surface area contributed by atoms with E-state index in [1.807, 2.05) is 18.9 Å². The molecule has 1 unspecified atom stereocenters. The first kappa shape index (κ1) is 17.5. The van der Waals surface area contributed by atoms with Crippen LogP contribution in [-0.4, -0.2) is 62.6 Å². The van der Waals surface area contributed by atoms with Crippen molar-refractivity contribution in [3.8, 4) is 0 Å². The Morgan fingerprint density at radius 3 is 2.71 bits per heavy atom. The summed E-state index contributed by atoms with van der Waals surface area (Å²) in [6.07, 6.45) is 6.24. The van der Waals surface area contributed by atoms with Crippen molar-refractivity contribution in [2.45, 2.75) is 50.5 Å². The number of anilines is 1. The molecule has 0 radical (unpaired) electrons. The molecule has 0 bridgehead atoms. The zero-order valence-corrected chi connectivity index (χ0v) is 16.3. The second-order valence-corrected chi connectivity index (χ2v) is 8.13. The topological polar surface area (TPSA) is 100 Å². The highest BCUT2D eigenvalue weighted by Gasteiger charge is 2.35. The number of hydrogen-bond donors (Lipinski definition) is 1. The number of nitrogens with one attached hydrogen (secondary N) is 1. The molecule has 1 saturated heterocycles. The summed E-state index contributed by atoms with van der Waals surface area (Å²) in [4.78, 5) is 30.3. The Bertz CT molecular complexity index is 890. The molecule has 9 nitrogen and oxygen atoms in total. The van der Waals surface area contributed by atoms with Crippen LogP contribution in [-0.2, 0) is 0 Å². The highest BCUT2D eigenvalue weighted by molar-refractivity contribution is 5.90. The number of amides is 2. The first-order valence-corrected chi connectivity index (χ1v) is 10.0. The van der Waals surface area contributed by atoms with Crippen LogP contribution in [0.5, 0.6) is 0 Å². The number of nitrogens with zero attached hydrogens (tertiary/aromatic N) is 6. The van der Waals surface area contributed by atoms with Gasteiger partial charge in [-0.15, -0.1) is 0 Å². The summed E-state index contributed by atoms with van der Waals surface area (Å²) in [5, 5.41) is 7.15. The van der Waals surface area contributed by atoms with Crippen LogP contribution in [0.2, 0.25) is 0 Å². The predicted octanol–water partition coefficient (Wildman–Crippen LogP) is 2.44. The van der Waals surface area contributed by atoms with Gasteiger partial charge < -0.3 is 14.7 Å². The van der Waals surface area contributed by atoms with Crippen LogP contribution in [0.3, 0.4) is 0 Å². The number of aryl methyl sites for hydroxylation is 1. The number of piperazine rings is 1. The van der Waals surface area contributed by atoms with E-state index in [0.717, 1.165) is 55.3 Å². The molecule has 2 saturated carbocycles. The standard InChI is InChI=1S/C19H25N7O2/c1-11-20-9-14(16(21-11)12-3-4-12)22-19(27)26-8-7-25(2)15(10-26)18-23-17(24-28-18)13-5-6-13/h9,12-13,15H,3-8,10H2,1-2H3,(H,22,27). The highest BCUT2D eigenvalue weighted by Crippen LogP contribution is 2.42. The Morgan fingerprint density at radius 2 is 1.96 bits per heavy atom. The van der Waals surface area contributed by atoms with Crippen molar-refractivity contribution >= 4 is 11.7 Å². The van der Waals surface area contributed by atoms with Crippen LogP contribution in [0.1, 0.15) is 66.8 Å². The summed E-state index contributed by atoms with van der Waals surface area (Å²) in [7, 11) is 2.03. The number of urea groups is 1. The van der Waals surface area contributed by atoms with E-state index in [2.05, 4.69) is 30.3 Å². The Kier molecular flexibility index (Phi) is 4.26. The van der Waals surface area contributed by atoms with Gasteiger partial charge in [0.25, 0.3) is 0 Å². The minimum atomic E-state index is -0.130. The molecule has 0 aromatic carbocycles. The first-order valence-electron chi connectivity index (χ1n) is 10.0. The molecule has 1 aliphatic heterocycles. The van der Waals surface area contributed by atoms with Crippen molar-refractivity contribution in [3.05, 3.63) is 29.4 Å². The molecule has 148 valence electrons. The molecule has 0 spiro atoms. The van der Waals surface area contributed by atoms with Crippen molar-refractivity contribution in [2.75, 3.05) is 32.0 Å². The average molecular weight is 383 g/mol. The molecule has 2 aromatic rings. The van der Waals surface area contributed by atoms with Crippen LogP contribution in [0, 0.1) is 6.92 Å². The van der Waals surface area contributed by atoms with Crippen LogP contribution in [0.15, 0.2) is 10.7 Å². The maximum atomic E-state index is 12.9. The Labute approximate surface area is 163 Å². The van der Waals surface area contributed by atoms with Crippen molar-refractivity contribution < 1.29 is 9.32 Å². The Hall–Kier alpha value is -2.55. The van der Waals surface area contributed by atoms with Gasteiger partial charge in [-0.1, -0.05) is 5.16 Å². The Balaban J connectivity index is 1.30. The average Bonchev–Trinajstić information content (AvgIpc) is 3.62. The normalized spacial score (nSPS) is 23.1. The molecule has 28 heavy (non-hydrogen) atoms. The molecule has 3 heterocycles. The second-order valence-electron chi connectivity index (χ2n) is 8.13. The molecule has 9 heteroatoms. The number of carbonyl (C=O) groups is 1. The maximum Gasteiger partial charge on any atom is 0.322 e. The number of hydrogen-bond acceptors (Lipinski definition) is 7. The van der Waals surface area contributed by atoms with E-state index in [1.54, 1.807) is 6.20 Å². The molecule has 3 aliphatic rings. The third-order valence-corrected chi connectivity index (χ3v) is 5.76. The van der Waals surface area contributed by atoms with E-state index in [0.29, 0.717) is 30.8 Å². The van der Waals surface area contributed by atoms with Gasteiger partial charge in [-0.25, -0.2) is 14.8 Å². The van der Waals surface area contributed by atoms with Crippen molar-refractivity contribution in [2.24, 2.45) is 0 Å². The zero-order valence-electron chi connectivity index (χ0n) is 16.3. The highest BCUT2D eigenvalue weighted by atomic mass is 16.5. The van der Waals surface area contributed by atoms with Gasteiger partial charge in [-0.3, -0.25) is 4.90 Å². The van der Waals surface area contributed by atoms with Crippen LogP contribution in [0.25, 0.3) is 0 Å². The fourth-order valence-corrected chi connectivity index (χ4v) is 3.66. The van der Waals surface area contributed by atoms with Crippen LogP contribution >= 0.6 is 0 Å². The van der Waals surface area contributed by atoms with Crippen molar-refractivity contribution in [1.29, 1.82) is 0 Å². The molecule has 1 atom stereocenters. The molecule has 2 amide bonds. The van der Waals surface area contributed by atoms with E-state index in [-0.39, 0.29) is 12.1 Å². The van der Waals surface area contributed by atoms with E-state index < -0.39 is 0 Å². The minimum absolute atomic E-state index is 0.0864. The van der Waals surface area contributed by atoms with Gasteiger partial charge in [0.1, 0.15) is 11.9 Å². The number of carbonyl (C=O) groups excluding carboxylic acids is 1. The van der Waals surface area contributed by atoms with Gasteiger partial charge >= 0.3 is 6.03 Å². The molecule has 2 aromatic heterocycles. The lowest BCUT2D eigenvalue weighted by Crippen LogP contribution is -2.50. The molecular weight excluding hydrogens is 358 g/mol. The largest absolute Gasteiger partial charge is 0.338 e. The summed E-state index contributed by atoms with van der Waals surface area (Å²) < 4.78 is 5.51. The quantitative estimate of drug-likeness (QED) is 0.865. The third-order valence-electron chi connectivity index (χ3n) is 5.76. The molecule has 3 fully saturated rings. The van der Waals surface area contributed by atoms with E-state index in [9.17, 15) is 4.79 Å². The number of aromatic nitrogens is 4. The van der Waals surface area contributed by atoms with Gasteiger partial charge in [0.15, 0.2) is 5.82 Å². The maximum absolute atomic E-state index is 12.9. The minimum Gasteiger partial charge on any atom is -0.338 e. The predicted molar refractivity (Wildman–Crippen MR) is 101 cm³/mol. The van der Waals surface area contributed by atoms with Crippen LogP contribution in [0.4, 0.5) is 10.5 Å². The fourth-order valence-electron chi connectivity index (χ4n) is 3.66. The SMILES string of the molecule is Cc1ncc(NC(=O)N2CCN(C)C(c3nc(C4CC4)no3)C2)c(C2CC2)n1. The lowest BCUT2D eigenvalue weighted by molar-refractivity contribution is 0.0960. The smallest absolute Gasteiger partial charge is 0.322 e. The van der Waals surface area contributed by atoms with Crippen molar-refractivity contribution in [1.82, 2.24) is 29.9 Å². The van der Waals surface area contributed by atoms with Gasteiger partial charge in [-0.05, 0) is 39.7 Å². The van der Waals surface area contributed by atoms with Crippen molar-refractivity contribution in [3.63, 3.8) is 0 Å². The van der Waals surface area contributed by atoms with E-state index in [4.69, 9.17) is 4.52 Å². The summed E-state index contributed by atoms with van der Waals surface area (Å²) in [6, 6.07) is -0.217. The van der Waals surface area contributed by atoms with Gasteiger partial charge in [0.2, 0.25) is 5.89 Å². The third kappa shape index (κ3) is 3.46. The number of rotatable bonds is 4. The molecule has 1 N–H and O–H groups in total. The van der Waals surface area contributed by atoms with Gasteiger partial charge in [0, 0.05) is 31.5 Å². The van der Waals surface area contributed by atoms with E-state index >= 15 is 0 Å². The lowest BCUT2D eigenvalue weighted by Gasteiger charge is -2.37. The Morgan fingerprint density at radius 1 is 1.18 bits per heavy atom. The monoisotopic (exact) mass is 383 g/mol. The molecule has 5 rings (SSSR count). The first-order chi connectivity index (χ1) is 13.6. The molecule has 2 aliphatic carbocycles. The van der Waals surface area contributed by atoms with Crippen LogP contribution < -0.4 is 5.32 Å². The molecular formula is C19H25N7O2. The number of likely N-dealkylation sites (N-methyl/N-ethyl adjacent to an activating group) is 1.